The van der Waals surface area contributed by atoms with E-state index >= 15 is 0 Å². The highest BCUT2D eigenvalue weighted by atomic mass is 19.4. The van der Waals surface area contributed by atoms with E-state index < -0.39 is 23.4 Å². The molecule has 0 nitrogen and oxygen atoms in total. The maximum Gasteiger partial charge on any atom is 0.422 e. The fourth-order valence-electron chi connectivity index (χ4n) is 4.25. The minimum absolute atomic E-state index is 0.0551. The second kappa shape index (κ2) is 9.96. The van der Waals surface area contributed by atoms with Crippen LogP contribution in [0.4, 0.5) is 22.0 Å². The second-order valence-corrected chi connectivity index (χ2v) is 8.60. The van der Waals surface area contributed by atoms with E-state index in [4.69, 9.17) is 0 Å². The van der Waals surface area contributed by atoms with E-state index in [9.17, 15) is 22.0 Å². The topological polar surface area (TPSA) is 0 Å². The Hall–Kier alpha value is -3.21. The normalized spacial score (nSPS) is 11.8. The summed E-state index contributed by atoms with van der Waals surface area (Å²) in [5.41, 5.74) is 1.84. The van der Waals surface area contributed by atoms with Crippen LogP contribution in [0.5, 0.6) is 0 Å². The van der Waals surface area contributed by atoms with Gasteiger partial charge in [-0.15, -0.1) is 0 Å². The molecule has 0 N–H and O–H groups in total. The lowest BCUT2D eigenvalue weighted by Gasteiger charge is -2.12. The summed E-state index contributed by atoms with van der Waals surface area (Å²) < 4.78 is 66.4. The van der Waals surface area contributed by atoms with Crippen LogP contribution in [0.15, 0.2) is 72.8 Å². The summed E-state index contributed by atoms with van der Waals surface area (Å²) in [5.74, 6) is -3.24. The maximum atomic E-state index is 14.0. The van der Waals surface area contributed by atoms with Gasteiger partial charge in [-0.3, -0.25) is 0 Å². The van der Waals surface area contributed by atoms with Gasteiger partial charge in [-0.25, -0.2) is 8.78 Å². The van der Waals surface area contributed by atoms with Crippen LogP contribution in [0.2, 0.25) is 0 Å². The van der Waals surface area contributed by atoms with Gasteiger partial charge in [0.1, 0.15) is 17.2 Å². The van der Waals surface area contributed by atoms with Gasteiger partial charge in [-0.1, -0.05) is 80.8 Å². The Bertz CT molecular complexity index is 1260. The molecule has 0 aliphatic rings. The molecular weight excluding hydrogens is 443 g/mol. The molecule has 4 aromatic carbocycles. The Morgan fingerprint density at radius 3 is 1.76 bits per heavy atom. The van der Waals surface area contributed by atoms with E-state index in [-0.39, 0.29) is 5.56 Å². The maximum absolute atomic E-state index is 14.0. The minimum Gasteiger partial charge on any atom is -0.206 e. The van der Waals surface area contributed by atoms with Gasteiger partial charge in [-0.2, -0.15) is 13.2 Å². The molecule has 4 rings (SSSR count). The number of unbranched alkanes of at least 4 members (excludes halogenated alkanes) is 3. The van der Waals surface area contributed by atoms with Crippen molar-refractivity contribution in [1.29, 1.82) is 0 Å². The molecule has 4 aromatic rings. The molecular formula is C29H25F5. The van der Waals surface area contributed by atoms with E-state index in [1.54, 1.807) is 24.3 Å². The van der Waals surface area contributed by atoms with Crippen LogP contribution in [-0.4, -0.2) is 0 Å². The molecule has 0 radical (unpaired) electrons. The van der Waals surface area contributed by atoms with Crippen LogP contribution in [0, 0.1) is 11.6 Å². The SMILES string of the molecule is CCCCCCc1ccc2cc(-c3ccc(-c4cc(F)c(C(F)(F)F)c(F)c4)cc3)ccc2c1. The smallest absolute Gasteiger partial charge is 0.206 e. The minimum atomic E-state index is -5.08. The summed E-state index contributed by atoms with van der Waals surface area (Å²) in [5, 5.41) is 2.29. The van der Waals surface area contributed by atoms with Crippen molar-refractivity contribution in [3.63, 3.8) is 0 Å². The molecule has 34 heavy (non-hydrogen) atoms. The van der Waals surface area contributed by atoms with Crippen LogP contribution in [0.25, 0.3) is 33.0 Å². The van der Waals surface area contributed by atoms with Crippen LogP contribution < -0.4 is 0 Å². The van der Waals surface area contributed by atoms with Crippen molar-refractivity contribution in [1.82, 2.24) is 0 Å². The monoisotopic (exact) mass is 468 g/mol. The molecule has 0 amide bonds. The number of halogens is 5. The molecule has 0 aliphatic heterocycles. The zero-order chi connectivity index (χ0) is 24.3. The molecule has 0 saturated carbocycles. The Kier molecular flexibility index (Phi) is 7.01. The third kappa shape index (κ3) is 5.30. The van der Waals surface area contributed by atoms with Gasteiger partial charge < -0.3 is 0 Å². The zero-order valence-electron chi connectivity index (χ0n) is 18.9. The molecule has 0 atom stereocenters. The quantitative estimate of drug-likeness (QED) is 0.187. The molecule has 0 bridgehead atoms. The number of aryl methyl sites for hydroxylation is 1. The molecule has 176 valence electrons. The van der Waals surface area contributed by atoms with E-state index in [2.05, 4.69) is 37.3 Å². The van der Waals surface area contributed by atoms with Crippen molar-refractivity contribution in [2.24, 2.45) is 0 Å². The van der Waals surface area contributed by atoms with Gasteiger partial charge in [0.25, 0.3) is 0 Å². The Morgan fingerprint density at radius 1 is 0.588 bits per heavy atom. The molecule has 0 aliphatic carbocycles. The van der Waals surface area contributed by atoms with Gasteiger partial charge in [0.15, 0.2) is 0 Å². The Balaban J connectivity index is 1.55. The van der Waals surface area contributed by atoms with Crippen LogP contribution in [-0.2, 0) is 12.6 Å². The van der Waals surface area contributed by atoms with Gasteiger partial charge >= 0.3 is 6.18 Å². The van der Waals surface area contributed by atoms with Gasteiger partial charge in [0, 0.05) is 0 Å². The first-order chi connectivity index (χ1) is 16.3. The summed E-state index contributed by atoms with van der Waals surface area (Å²) in [6.07, 6.45) is 0.913. The summed E-state index contributed by atoms with van der Waals surface area (Å²) >= 11 is 0. The number of fused-ring (bicyclic) bond motifs is 1. The highest BCUT2D eigenvalue weighted by Crippen LogP contribution is 2.36. The number of rotatable bonds is 7. The summed E-state index contributed by atoms with van der Waals surface area (Å²) in [6, 6.07) is 21.0. The number of benzene rings is 4. The van der Waals surface area contributed by atoms with Crippen molar-refractivity contribution >= 4 is 10.8 Å². The predicted molar refractivity (Wildman–Crippen MR) is 128 cm³/mol. The Morgan fingerprint density at radius 2 is 1.15 bits per heavy atom. The second-order valence-electron chi connectivity index (χ2n) is 8.60. The van der Waals surface area contributed by atoms with Crippen LogP contribution in [0.1, 0.15) is 43.7 Å². The highest BCUT2D eigenvalue weighted by molar-refractivity contribution is 5.88. The first kappa shape index (κ1) is 23.9. The van der Waals surface area contributed by atoms with Gasteiger partial charge in [0.05, 0.1) is 0 Å². The lowest BCUT2D eigenvalue weighted by molar-refractivity contribution is -0.142. The highest BCUT2D eigenvalue weighted by Gasteiger charge is 2.37. The van der Waals surface area contributed by atoms with Crippen molar-refractivity contribution in [3.05, 3.63) is 95.6 Å². The average molecular weight is 469 g/mol. The van der Waals surface area contributed by atoms with Gasteiger partial charge in [-0.05, 0) is 69.6 Å². The van der Waals surface area contributed by atoms with E-state index in [1.807, 2.05) is 6.07 Å². The largest absolute Gasteiger partial charge is 0.422 e. The third-order valence-corrected chi connectivity index (χ3v) is 6.10. The van der Waals surface area contributed by atoms with E-state index in [0.29, 0.717) is 5.56 Å². The summed E-state index contributed by atoms with van der Waals surface area (Å²) in [4.78, 5) is 0. The molecule has 0 heterocycles. The molecule has 0 aromatic heterocycles. The van der Waals surface area contributed by atoms with Crippen LogP contribution in [0.3, 0.4) is 0 Å². The van der Waals surface area contributed by atoms with Crippen LogP contribution >= 0.6 is 0 Å². The molecule has 5 heteroatoms. The molecule has 0 fully saturated rings. The van der Waals surface area contributed by atoms with Crippen molar-refractivity contribution < 1.29 is 22.0 Å². The first-order valence-corrected chi connectivity index (χ1v) is 11.5. The number of alkyl halides is 3. The van der Waals surface area contributed by atoms with E-state index in [0.717, 1.165) is 35.1 Å². The third-order valence-electron chi connectivity index (χ3n) is 6.10. The zero-order valence-corrected chi connectivity index (χ0v) is 18.9. The summed E-state index contributed by atoms with van der Waals surface area (Å²) in [6.45, 7) is 2.20. The summed E-state index contributed by atoms with van der Waals surface area (Å²) in [7, 11) is 0. The van der Waals surface area contributed by atoms with Gasteiger partial charge in [0.2, 0.25) is 0 Å². The lowest BCUT2D eigenvalue weighted by atomic mass is 9.96. The predicted octanol–water partition coefficient (Wildman–Crippen LogP) is 9.59. The fourth-order valence-corrected chi connectivity index (χ4v) is 4.25. The first-order valence-electron chi connectivity index (χ1n) is 11.5. The van der Waals surface area contributed by atoms with Crippen molar-refractivity contribution in [2.45, 2.75) is 45.2 Å². The van der Waals surface area contributed by atoms with Crippen molar-refractivity contribution in [2.75, 3.05) is 0 Å². The fraction of sp³-hybridized carbons (Fsp3) is 0.241. The Labute approximate surface area is 196 Å². The molecule has 0 saturated heterocycles. The molecule has 0 spiro atoms. The molecule has 0 unspecified atom stereocenters. The van der Waals surface area contributed by atoms with Crippen molar-refractivity contribution in [3.8, 4) is 22.3 Å². The lowest BCUT2D eigenvalue weighted by Crippen LogP contribution is -2.11. The average Bonchev–Trinajstić information content (AvgIpc) is 2.80. The number of hydrogen-bond donors (Lipinski definition) is 0. The van der Waals surface area contributed by atoms with E-state index in [1.165, 1.54) is 36.6 Å². The standard InChI is InChI=1S/C29H25F5/c1-2-3-4-5-6-19-7-8-24-16-23(14-13-22(24)15-19)20-9-11-21(12-10-20)25-17-26(30)28(27(31)18-25)29(32,33)34/h7-18H,2-6H2,1H3. The number of hydrogen-bond acceptors (Lipinski definition) is 0.